The third-order valence-electron chi connectivity index (χ3n) is 3.37. The molecule has 4 nitrogen and oxygen atoms in total. The molecule has 19 heavy (non-hydrogen) atoms. The fourth-order valence-corrected chi connectivity index (χ4v) is 2.32. The summed E-state index contributed by atoms with van der Waals surface area (Å²) in [5, 5.41) is 14.6. The lowest BCUT2D eigenvalue weighted by molar-refractivity contribution is 0.0877. The van der Waals surface area contributed by atoms with Gasteiger partial charge in [-0.1, -0.05) is 26.0 Å². The van der Waals surface area contributed by atoms with Crippen LogP contribution in [0.1, 0.15) is 25.5 Å². The molecule has 0 radical (unpaired) electrons. The van der Waals surface area contributed by atoms with E-state index in [0.29, 0.717) is 19.1 Å². The molecule has 1 aromatic carbocycles. The van der Waals surface area contributed by atoms with E-state index in [9.17, 15) is 5.11 Å². The molecule has 0 amide bonds. The van der Waals surface area contributed by atoms with E-state index in [-0.39, 0.29) is 0 Å². The summed E-state index contributed by atoms with van der Waals surface area (Å²) in [6, 6.07) is 9.98. The van der Waals surface area contributed by atoms with Crippen LogP contribution in [0.4, 0.5) is 0 Å². The molecule has 2 aromatic rings. The van der Waals surface area contributed by atoms with Crippen LogP contribution in [0.5, 0.6) is 5.75 Å². The zero-order chi connectivity index (χ0) is 13.4. The number of aromatic nitrogens is 2. The molecular weight excluding hydrogens is 240 g/mol. The Labute approximate surface area is 112 Å². The maximum absolute atomic E-state index is 9.95. The second kappa shape index (κ2) is 4.70. The highest BCUT2D eigenvalue weighted by molar-refractivity contribution is 5.68. The fraction of sp³-hybridized carbons (Fsp3) is 0.400. The zero-order valence-corrected chi connectivity index (χ0v) is 11.2. The van der Waals surface area contributed by atoms with Crippen molar-refractivity contribution in [3.8, 4) is 17.0 Å². The highest BCUT2D eigenvalue weighted by Gasteiger charge is 2.20. The van der Waals surface area contributed by atoms with E-state index in [4.69, 9.17) is 4.74 Å². The molecule has 0 spiro atoms. The number of hydrogen-bond acceptors (Lipinski definition) is 3. The van der Waals surface area contributed by atoms with E-state index in [0.717, 1.165) is 22.7 Å². The lowest BCUT2D eigenvalue weighted by Gasteiger charge is -2.20. The van der Waals surface area contributed by atoms with Crippen LogP contribution >= 0.6 is 0 Å². The lowest BCUT2D eigenvalue weighted by atomic mass is 10.1. The van der Waals surface area contributed by atoms with Gasteiger partial charge in [0.2, 0.25) is 0 Å². The van der Waals surface area contributed by atoms with E-state index in [1.807, 2.05) is 28.9 Å². The molecule has 0 saturated carbocycles. The largest absolute Gasteiger partial charge is 0.490 e. The lowest BCUT2D eigenvalue weighted by Crippen LogP contribution is -2.26. The summed E-state index contributed by atoms with van der Waals surface area (Å²) < 4.78 is 7.57. The minimum atomic E-state index is -0.535. The summed E-state index contributed by atoms with van der Waals surface area (Å²) in [4.78, 5) is 0. The van der Waals surface area contributed by atoms with E-state index in [1.54, 1.807) is 0 Å². The van der Waals surface area contributed by atoms with E-state index < -0.39 is 6.10 Å². The average Bonchev–Trinajstić information content (AvgIpc) is 2.78. The van der Waals surface area contributed by atoms with E-state index in [2.05, 4.69) is 25.0 Å². The predicted molar refractivity (Wildman–Crippen MR) is 73.3 cm³/mol. The number of fused-ring (bicyclic) bond motifs is 3. The Morgan fingerprint density at radius 3 is 2.95 bits per heavy atom. The van der Waals surface area contributed by atoms with Crippen LogP contribution in [-0.2, 0) is 6.54 Å². The highest BCUT2D eigenvalue weighted by atomic mass is 16.5. The highest BCUT2D eigenvalue weighted by Crippen LogP contribution is 2.33. The molecule has 2 heterocycles. The van der Waals surface area contributed by atoms with E-state index >= 15 is 0 Å². The number of rotatable bonds is 1. The van der Waals surface area contributed by atoms with Crippen molar-refractivity contribution in [3.05, 3.63) is 36.0 Å². The van der Waals surface area contributed by atoms with Crippen LogP contribution in [-0.4, -0.2) is 27.6 Å². The summed E-state index contributed by atoms with van der Waals surface area (Å²) in [5.74, 6) is 1.17. The number of benzene rings is 1. The Balaban J connectivity index is 2.16. The van der Waals surface area contributed by atoms with Gasteiger partial charge < -0.3 is 9.84 Å². The molecule has 1 aliphatic heterocycles. The number of para-hydroxylation sites is 1. The number of ether oxygens (including phenoxy) is 1. The van der Waals surface area contributed by atoms with Gasteiger partial charge in [0.15, 0.2) is 0 Å². The van der Waals surface area contributed by atoms with Gasteiger partial charge in [-0.3, -0.25) is 4.68 Å². The van der Waals surface area contributed by atoms with Gasteiger partial charge in [0, 0.05) is 5.56 Å². The monoisotopic (exact) mass is 258 g/mol. The molecule has 0 fully saturated rings. The van der Waals surface area contributed by atoms with Gasteiger partial charge in [0.1, 0.15) is 18.5 Å². The second-order valence-electron chi connectivity index (χ2n) is 5.25. The van der Waals surface area contributed by atoms with Crippen molar-refractivity contribution < 1.29 is 9.84 Å². The SMILES string of the molecule is CC(C)c1cc2n(n1)C[C@@H](O)COc1ccccc1-2. The Kier molecular flexibility index (Phi) is 3.03. The molecule has 1 atom stereocenters. The molecule has 1 N–H and O–H groups in total. The van der Waals surface area contributed by atoms with Gasteiger partial charge >= 0.3 is 0 Å². The van der Waals surface area contributed by atoms with Crippen molar-refractivity contribution in [2.24, 2.45) is 0 Å². The van der Waals surface area contributed by atoms with Gasteiger partial charge in [0.25, 0.3) is 0 Å². The fourth-order valence-electron chi connectivity index (χ4n) is 2.32. The van der Waals surface area contributed by atoms with Gasteiger partial charge in [-0.25, -0.2) is 0 Å². The van der Waals surface area contributed by atoms with Crippen molar-refractivity contribution >= 4 is 0 Å². The van der Waals surface area contributed by atoms with E-state index in [1.165, 1.54) is 0 Å². The number of nitrogens with zero attached hydrogens (tertiary/aromatic N) is 2. The molecule has 0 saturated heterocycles. The van der Waals surface area contributed by atoms with Crippen LogP contribution < -0.4 is 4.74 Å². The molecule has 0 bridgehead atoms. The molecule has 1 aromatic heterocycles. The van der Waals surface area contributed by atoms with Gasteiger partial charge in [0.05, 0.1) is 17.9 Å². The normalized spacial score (nSPS) is 18.2. The Morgan fingerprint density at radius 1 is 1.37 bits per heavy atom. The van der Waals surface area contributed by atoms with Crippen LogP contribution in [0.3, 0.4) is 0 Å². The Hall–Kier alpha value is -1.81. The van der Waals surface area contributed by atoms with Crippen molar-refractivity contribution in [1.29, 1.82) is 0 Å². The Bertz CT molecular complexity index is 590. The zero-order valence-electron chi connectivity index (χ0n) is 11.2. The summed E-state index contributed by atoms with van der Waals surface area (Å²) >= 11 is 0. The minimum absolute atomic E-state index is 0.299. The predicted octanol–water partition coefficient (Wildman–Crippen LogP) is 2.43. The first-order valence-electron chi connectivity index (χ1n) is 6.63. The maximum atomic E-state index is 9.95. The first-order valence-corrected chi connectivity index (χ1v) is 6.63. The first-order chi connectivity index (χ1) is 9.15. The third kappa shape index (κ3) is 2.24. The summed E-state index contributed by atoms with van der Waals surface area (Å²) in [6.07, 6.45) is -0.535. The molecule has 100 valence electrons. The van der Waals surface area contributed by atoms with Crippen molar-refractivity contribution in [2.45, 2.75) is 32.4 Å². The van der Waals surface area contributed by atoms with Crippen LogP contribution in [0.25, 0.3) is 11.3 Å². The second-order valence-corrected chi connectivity index (χ2v) is 5.25. The van der Waals surface area contributed by atoms with Crippen molar-refractivity contribution in [3.63, 3.8) is 0 Å². The molecule has 0 aliphatic carbocycles. The van der Waals surface area contributed by atoms with Crippen LogP contribution in [0.15, 0.2) is 30.3 Å². The van der Waals surface area contributed by atoms with Gasteiger partial charge in [-0.05, 0) is 24.1 Å². The molecule has 0 unspecified atom stereocenters. The maximum Gasteiger partial charge on any atom is 0.128 e. The third-order valence-corrected chi connectivity index (χ3v) is 3.37. The van der Waals surface area contributed by atoms with Crippen molar-refractivity contribution in [2.75, 3.05) is 6.61 Å². The Morgan fingerprint density at radius 2 is 2.16 bits per heavy atom. The molecule has 1 aliphatic rings. The standard InChI is InChI=1S/C15H18N2O2/c1-10(2)13-7-14-12-5-3-4-6-15(12)19-9-11(18)8-17(14)16-13/h3-7,10-11,18H,8-9H2,1-2H3/t11-/m1/s1. The average molecular weight is 258 g/mol. The quantitative estimate of drug-likeness (QED) is 0.854. The van der Waals surface area contributed by atoms with Crippen LogP contribution in [0.2, 0.25) is 0 Å². The summed E-state index contributed by atoms with van der Waals surface area (Å²) in [5.41, 5.74) is 3.09. The van der Waals surface area contributed by atoms with Gasteiger partial charge in [-0.15, -0.1) is 0 Å². The summed E-state index contributed by atoms with van der Waals surface area (Å²) in [7, 11) is 0. The summed E-state index contributed by atoms with van der Waals surface area (Å²) in [6.45, 7) is 5.01. The number of aliphatic hydroxyl groups excluding tert-OH is 1. The topological polar surface area (TPSA) is 47.3 Å². The first kappa shape index (κ1) is 12.2. The van der Waals surface area contributed by atoms with Gasteiger partial charge in [-0.2, -0.15) is 5.10 Å². The van der Waals surface area contributed by atoms with Crippen molar-refractivity contribution in [1.82, 2.24) is 9.78 Å². The number of hydrogen-bond donors (Lipinski definition) is 1. The minimum Gasteiger partial charge on any atom is -0.490 e. The molecule has 3 rings (SSSR count). The smallest absolute Gasteiger partial charge is 0.128 e. The molecule has 4 heteroatoms. The molecular formula is C15H18N2O2. The number of aliphatic hydroxyl groups is 1. The van der Waals surface area contributed by atoms with Crippen LogP contribution in [0, 0.1) is 0 Å².